The van der Waals surface area contributed by atoms with Crippen LogP contribution in [0.25, 0.3) is 0 Å². The molecule has 2 amide bonds. The lowest BCUT2D eigenvalue weighted by Gasteiger charge is -2.40. The monoisotopic (exact) mass is 434 g/mol. The maximum atomic E-state index is 13.4. The van der Waals surface area contributed by atoms with E-state index in [1.165, 1.54) is 0 Å². The van der Waals surface area contributed by atoms with Gasteiger partial charge in [0, 0.05) is 28.7 Å². The maximum absolute atomic E-state index is 13.4. The summed E-state index contributed by atoms with van der Waals surface area (Å²) >= 11 is 1.57. The third-order valence-corrected chi connectivity index (χ3v) is 6.66. The lowest BCUT2D eigenvalue weighted by atomic mass is 9.86. The number of nitrogens with zero attached hydrogens (tertiary/aromatic N) is 1. The lowest BCUT2D eigenvalue weighted by Crippen LogP contribution is -2.46. The first-order chi connectivity index (χ1) is 15.1. The molecule has 0 aliphatic carbocycles. The Labute approximate surface area is 184 Å². The number of benzene rings is 2. The molecular formula is C24H22N2O4S. The Kier molecular flexibility index (Phi) is 5.11. The van der Waals surface area contributed by atoms with Gasteiger partial charge in [-0.15, -0.1) is 11.3 Å². The predicted molar refractivity (Wildman–Crippen MR) is 120 cm³/mol. The number of thiophene rings is 1. The van der Waals surface area contributed by atoms with Gasteiger partial charge in [0.15, 0.2) is 11.5 Å². The van der Waals surface area contributed by atoms with Gasteiger partial charge in [-0.2, -0.15) is 0 Å². The van der Waals surface area contributed by atoms with Crippen molar-refractivity contribution in [3.63, 3.8) is 0 Å². The quantitative estimate of drug-likeness (QED) is 0.634. The van der Waals surface area contributed by atoms with Crippen LogP contribution in [0, 0.1) is 12.8 Å². The molecule has 1 saturated heterocycles. The summed E-state index contributed by atoms with van der Waals surface area (Å²) in [6.45, 7) is 2.20. The Morgan fingerprint density at radius 2 is 1.90 bits per heavy atom. The number of amides is 2. The zero-order chi connectivity index (χ0) is 21.4. The SMILES string of the molecule is Cc1ccc(N2C(=O)CC[C@@H](C(=O)Nc3ccc4c(c3)OCO4)[C@@H]2c2cccs2)cc1. The minimum absolute atomic E-state index is 0.0365. The first kappa shape index (κ1) is 19.6. The summed E-state index contributed by atoms with van der Waals surface area (Å²) in [4.78, 5) is 29.2. The number of hydrogen-bond acceptors (Lipinski definition) is 5. The van der Waals surface area contributed by atoms with Crippen molar-refractivity contribution in [3.8, 4) is 11.5 Å². The van der Waals surface area contributed by atoms with E-state index in [1.807, 2.05) is 48.7 Å². The van der Waals surface area contributed by atoms with Gasteiger partial charge in [-0.25, -0.2) is 0 Å². The third kappa shape index (κ3) is 3.77. The molecule has 1 aromatic heterocycles. The Bertz CT molecular complexity index is 1110. The molecular weight excluding hydrogens is 412 g/mol. The molecule has 31 heavy (non-hydrogen) atoms. The zero-order valence-electron chi connectivity index (χ0n) is 17.0. The third-order valence-electron chi connectivity index (χ3n) is 5.72. The molecule has 0 radical (unpaired) electrons. The summed E-state index contributed by atoms with van der Waals surface area (Å²) in [6.07, 6.45) is 0.828. The van der Waals surface area contributed by atoms with E-state index in [4.69, 9.17) is 9.47 Å². The normalized spacial score (nSPS) is 20.0. The van der Waals surface area contributed by atoms with E-state index < -0.39 is 0 Å². The van der Waals surface area contributed by atoms with Crippen LogP contribution in [0.3, 0.4) is 0 Å². The maximum Gasteiger partial charge on any atom is 0.231 e. The van der Waals surface area contributed by atoms with E-state index in [-0.39, 0.29) is 30.6 Å². The van der Waals surface area contributed by atoms with Crippen LogP contribution in [0.15, 0.2) is 60.0 Å². The Morgan fingerprint density at radius 1 is 1.10 bits per heavy atom. The smallest absolute Gasteiger partial charge is 0.231 e. The topological polar surface area (TPSA) is 67.9 Å². The second-order valence-electron chi connectivity index (χ2n) is 7.76. The summed E-state index contributed by atoms with van der Waals surface area (Å²) in [5.41, 5.74) is 2.59. The fraction of sp³-hybridized carbons (Fsp3) is 0.250. The summed E-state index contributed by atoms with van der Waals surface area (Å²) < 4.78 is 10.8. The van der Waals surface area contributed by atoms with E-state index in [0.717, 1.165) is 16.1 Å². The van der Waals surface area contributed by atoms with Crippen LogP contribution in [0.4, 0.5) is 11.4 Å². The van der Waals surface area contributed by atoms with Gasteiger partial charge >= 0.3 is 0 Å². The summed E-state index contributed by atoms with van der Waals surface area (Å²) in [7, 11) is 0. The van der Waals surface area contributed by atoms with Crippen LogP contribution >= 0.6 is 11.3 Å². The van der Waals surface area contributed by atoms with Crippen molar-refractivity contribution in [1.82, 2.24) is 0 Å². The van der Waals surface area contributed by atoms with Crippen molar-refractivity contribution in [2.75, 3.05) is 17.0 Å². The van der Waals surface area contributed by atoms with Crippen molar-refractivity contribution >= 4 is 34.5 Å². The zero-order valence-corrected chi connectivity index (χ0v) is 17.9. The molecule has 0 spiro atoms. The van der Waals surface area contributed by atoms with E-state index in [1.54, 1.807) is 34.4 Å². The molecule has 1 fully saturated rings. The van der Waals surface area contributed by atoms with Gasteiger partial charge < -0.3 is 19.7 Å². The van der Waals surface area contributed by atoms with Crippen molar-refractivity contribution in [2.45, 2.75) is 25.8 Å². The summed E-state index contributed by atoms with van der Waals surface area (Å²) in [5, 5.41) is 5.00. The van der Waals surface area contributed by atoms with E-state index in [2.05, 4.69) is 5.32 Å². The number of hydrogen-bond donors (Lipinski definition) is 1. The molecule has 158 valence electrons. The minimum atomic E-state index is -0.372. The van der Waals surface area contributed by atoms with Gasteiger partial charge in [-0.05, 0) is 49.1 Å². The van der Waals surface area contributed by atoms with Gasteiger partial charge in [0.1, 0.15) is 0 Å². The molecule has 0 saturated carbocycles. The van der Waals surface area contributed by atoms with Crippen molar-refractivity contribution in [3.05, 3.63) is 70.4 Å². The van der Waals surface area contributed by atoms with Crippen LogP contribution in [0.5, 0.6) is 11.5 Å². The molecule has 1 N–H and O–H groups in total. The van der Waals surface area contributed by atoms with Crippen LogP contribution in [0.1, 0.15) is 29.3 Å². The van der Waals surface area contributed by atoms with Gasteiger partial charge in [0.25, 0.3) is 0 Å². The Balaban J connectivity index is 1.47. The standard InChI is InChI=1S/C24H22N2O4S/c1-15-4-7-17(8-5-15)26-22(27)11-9-18(23(26)21-3-2-12-31-21)24(28)25-16-6-10-19-20(13-16)30-14-29-19/h2-8,10,12-13,18,23H,9,11,14H2,1H3,(H,25,28)/t18-,23-/m1/s1. The van der Waals surface area contributed by atoms with Crippen molar-refractivity contribution < 1.29 is 19.1 Å². The van der Waals surface area contributed by atoms with Crippen molar-refractivity contribution in [1.29, 1.82) is 0 Å². The van der Waals surface area contributed by atoms with Crippen molar-refractivity contribution in [2.24, 2.45) is 5.92 Å². The second-order valence-corrected chi connectivity index (χ2v) is 8.74. The highest BCUT2D eigenvalue weighted by Crippen LogP contribution is 2.42. The number of rotatable bonds is 4. The molecule has 2 aliphatic heterocycles. The molecule has 2 aliphatic rings. The molecule has 3 aromatic rings. The number of carbonyl (C=O) groups excluding carboxylic acids is 2. The van der Waals surface area contributed by atoms with E-state index in [9.17, 15) is 9.59 Å². The first-order valence-corrected chi connectivity index (χ1v) is 11.1. The van der Waals surface area contributed by atoms with Crippen LogP contribution in [-0.4, -0.2) is 18.6 Å². The molecule has 3 heterocycles. The number of carbonyl (C=O) groups is 2. The van der Waals surface area contributed by atoms with Gasteiger partial charge in [0.2, 0.25) is 18.6 Å². The van der Waals surface area contributed by atoms with Crippen LogP contribution < -0.4 is 19.7 Å². The number of piperidine rings is 1. The second kappa shape index (κ2) is 8.07. The largest absolute Gasteiger partial charge is 0.454 e. The highest BCUT2D eigenvalue weighted by Gasteiger charge is 2.42. The van der Waals surface area contributed by atoms with E-state index >= 15 is 0 Å². The van der Waals surface area contributed by atoms with Gasteiger partial charge in [-0.1, -0.05) is 23.8 Å². The fourth-order valence-corrected chi connectivity index (χ4v) is 5.05. The number of nitrogens with one attached hydrogen (secondary N) is 1. The molecule has 5 rings (SSSR count). The number of fused-ring (bicyclic) bond motifs is 1. The molecule has 6 nitrogen and oxygen atoms in total. The van der Waals surface area contributed by atoms with Gasteiger partial charge in [0.05, 0.1) is 12.0 Å². The Hall–Kier alpha value is -3.32. The predicted octanol–water partition coefficient (Wildman–Crippen LogP) is 4.91. The molecule has 0 bridgehead atoms. The average molecular weight is 435 g/mol. The van der Waals surface area contributed by atoms with E-state index in [0.29, 0.717) is 30.0 Å². The molecule has 0 unspecified atom stereocenters. The minimum Gasteiger partial charge on any atom is -0.454 e. The summed E-state index contributed by atoms with van der Waals surface area (Å²) in [5.74, 6) is 0.843. The Morgan fingerprint density at radius 3 is 2.68 bits per heavy atom. The van der Waals surface area contributed by atoms with Gasteiger partial charge in [-0.3, -0.25) is 9.59 Å². The van der Waals surface area contributed by atoms with Crippen LogP contribution in [0.2, 0.25) is 0 Å². The molecule has 7 heteroatoms. The fourth-order valence-electron chi connectivity index (χ4n) is 4.17. The van der Waals surface area contributed by atoms with Crippen LogP contribution in [-0.2, 0) is 9.59 Å². The first-order valence-electron chi connectivity index (χ1n) is 10.2. The number of ether oxygens (including phenoxy) is 2. The summed E-state index contributed by atoms with van der Waals surface area (Å²) in [6, 6.07) is 16.8. The number of anilines is 2. The average Bonchev–Trinajstić information content (AvgIpc) is 3.46. The lowest BCUT2D eigenvalue weighted by molar-refractivity contribution is -0.125. The number of aryl methyl sites for hydroxylation is 1. The highest BCUT2D eigenvalue weighted by atomic mass is 32.1. The molecule has 2 atom stereocenters. The highest BCUT2D eigenvalue weighted by molar-refractivity contribution is 7.10. The molecule has 2 aromatic carbocycles.